The summed E-state index contributed by atoms with van der Waals surface area (Å²) in [6.45, 7) is 8.18. The lowest BCUT2D eigenvalue weighted by molar-refractivity contribution is 0.171. The van der Waals surface area contributed by atoms with Crippen molar-refractivity contribution in [3.05, 3.63) is 75.3 Å². The number of thiazole rings is 1. The SMILES string of the molecule is COCCn1nnnc1C(c1cc2cc(C)c(C)cc2[nH]c1=O)N1CCN(c2nc3ccccc3s2)CC1. The molecule has 0 aliphatic carbocycles. The first-order chi connectivity index (χ1) is 18.5. The van der Waals surface area contributed by atoms with Crippen molar-refractivity contribution in [1.29, 1.82) is 0 Å². The summed E-state index contributed by atoms with van der Waals surface area (Å²) < 4.78 is 8.22. The zero-order valence-electron chi connectivity index (χ0n) is 21.7. The minimum absolute atomic E-state index is 0.124. The molecule has 1 saturated heterocycles. The molecular weight excluding hydrogens is 500 g/mol. The van der Waals surface area contributed by atoms with E-state index in [2.05, 4.69) is 62.4 Å². The van der Waals surface area contributed by atoms with Gasteiger partial charge in [-0.3, -0.25) is 9.69 Å². The Hall–Kier alpha value is -3.67. The normalized spacial score (nSPS) is 15.5. The molecule has 1 aliphatic heterocycles. The first-order valence-electron chi connectivity index (χ1n) is 12.8. The van der Waals surface area contributed by atoms with E-state index in [4.69, 9.17) is 9.72 Å². The van der Waals surface area contributed by atoms with Gasteiger partial charge in [-0.2, -0.15) is 0 Å². The molecule has 38 heavy (non-hydrogen) atoms. The number of piperazine rings is 1. The fourth-order valence-corrected chi connectivity index (χ4v) is 6.12. The minimum Gasteiger partial charge on any atom is -0.383 e. The molecular formula is C27H30N8O2S. The molecule has 2 aromatic carbocycles. The van der Waals surface area contributed by atoms with E-state index in [0.717, 1.165) is 53.3 Å². The molecule has 11 heteroatoms. The highest BCUT2D eigenvalue weighted by atomic mass is 32.1. The molecule has 6 rings (SSSR count). The van der Waals surface area contributed by atoms with Gasteiger partial charge in [0.05, 0.1) is 23.4 Å². The molecule has 4 heterocycles. The van der Waals surface area contributed by atoms with Crippen LogP contribution in [0.4, 0.5) is 5.13 Å². The maximum atomic E-state index is 13.5. The van der Waals surface area contributed by atoms with Crippen molar-refractivity contribution in [2.24, 2.45) is 0 Å². The third-order valence-corrected chi connectivity index (χ3v) is 8.42. The summed E-state index contributed by atoms with van der Waals surface area (Å²) in [7, 11) is 1.65. The first kappa shape index (κ1) is 24.7. The molecule has 0 radical (unpaired) electrons. The third kappa shape index (κ3) is 4.57. The van der Waals surface area contributed by atoms with Crippen LogP contribution in [0.1, 0.15) is 28.6 Å². The van der Waals surface area contributed by atoms with Gasteiger partial charge in [0.15, 0.2) is 11.0 Å². The van der Waals surface area contributed by atoms with Crippen LogP contribution in [0.5, 0.6) is 0 Å². The molecule has 0 spiro atoms. The number of fused-ring (bicyclic) bond motifs is 2. The first-order valence-corrected chi connectivity index (χ1v) is 13.6. The highest BCUT2D eigenvalue weighted by Gasteiger charge is 2.33. The molecule has 1 atom stereocenters. The fourth-order valence-electron chi connectivity index (χ4n) is 5.11. The number of H-pyrrole nitrogens is 1. The largest absolute Gasteiger partial charge is 0.383 e. The standard InChI is InChI=1S/C27H30N8O2S/c1-17-14-19-16-20(26(36)28-22(19)15-18(17)2)24(25-30-31-32-35(25)12-13-37-3)33-8-10-34(11-9-33)27-29-21-6-4-5-7-23(21)38-27/h4-7,14-16,24H,8-13H2,1-3H3,(H,28,36). The average Bonchev–Trinajstić information content (AvgIpc) is 3.57. The fraction of sp³-hybridized carbons (Fsp3) is 0.370. The molecule has 3 aromatic heterocycles. The van der Waals surface area contributed by atoms with Crippen LogP contribution in [0.25, 0.3) is 21.1 Å². The number of nitrogens with one attached hydrogen (secondary N) is 1. The Morgan fingerprint density at radius 3 is 2.66 bits per heavy atom. The van der Waals surface area contributed by atoms with Gasteiger partial charge in [-0.05, 0) is 71.1 Å². The Kier molecular flexibility index (Phi) is 6.64. The van der Waals surface area contributed by atoms with Gasteiger partial charge in [0.2, 0.25) is 0 Å². The highest BCUT2D eigenvalue weighted by Crippen LogP contribution is 2.32. The number of rotatable bonds is 7. The molecule has 1 fully saturated rings. The molecule has 196 valence electrons. The van der Waals surface area contributed by atoms with E-state index in [1.807, 2.05) is 24.3 Å². The second-order valence-corrected chi connectivity index (χ2v) is 10.7. The van der Waals surface area contributed by atoms with Crippen molar-refractivity contribution in [1.82, 2.24) is 35.1 Å². The van der Waals surface area contributed by atoms with Gasteiger partial charge in [-0.1, -0.05) is 23.5 Å². The van der Waals surface area contributed by atoms with Crippen molar-refractivity contribution >= 4 is 37.6 Å². The zero-order valence-corrected chi connectivity index (χ0v) is 22.5. The van der Waals surface area contributed by atoms with E-state index in [1.165, 1.54) is 10.3 Å². The van der Waals surface area contributed by atoms with Crippen LogP contribution < -0.4 is 10.5 Å². The second kappa shape index (κ2) is 10.2. The minimum atomic E-state index is -0.394. The smallest absolute Gasteiger partial charge is 0.253 e. The van der Waals surface area contributed by atoms with Gasteiger partial charge in [0.1, 0.15) is 6.04 Å². The molecule has 1 N–H and O–H groups in total. The Balaban J connectivity index is 1.36. The molecule has 5 aromatic rings. The maximum absolute atomic E-state index is 13.5. The van der Waals surface area contributed by atoms with Crippen LogP contribution in [0, 0.1) is 13.8 Å². The summed E-state index contributed by atoms with van der Waals surface area (Å²) in [6, 6.07) is 14.0. The lowest BCUT2D eigenvalue weighted by atomic mass is 10.0. The van der Waals surface area contributed by atoms with Crippen LogP contribution >= 0.6 is 11.3 Å². The van der Waals surface area contributed by atoms with Gasteiger partial charge < -0.3 is 14.6 Å². The van der Waals surface area contributed by atoms with E-state index in [-0.39, 0.29) is 5.56 Å². The van der Waals surface area contributed by atoms with Crippen molar-refractivity contribution in [3.8, 4) is 0 Å². The molecule has 0 bridgehead atoms. The van der Waals surface area contributed by atoms with Crippen molar-refractivity contribution in [2.45, 2.75) is 26.4 Å². The maximum Gasteiger partial charge on any atom is 0.253 e. The number of tetrazole rings is 1. The summed E-state index contributed by atoms with van der Waals surface area (Å²) in [6.07, 6.45) is 0. The Morgan fingerprint density at radius 1 is 1.08 bits per heavy atom. The molecule has 1 aliphatic rings. The number of benzene rings is 2. The van der Waals surface area contributed by atoms with E-state index in [1.54, 1.807) is 23.1 Å². The number of pyridine rings is 1. The summed E-state index contributed by atoms with van der Waals surface area (Å²) in [5, 5.41) is 14.6. The number of nitrogens with zero attached hydrogens (tertiary/aromatic N) is 7. The summed E-state index contributed by atoms with van der Waals surface area (Å²) >= 11 is 1.72. The summed E-state index contributed by atoms with van der Waals surface area (Å²) in [5.74, 6) is 0.643. The number of ether oxygens (including phenoxy) is 1. The number of hydrogen-bond donors (Lipinski definition) is 1. The Morgan fingerprint density at radius 2 is 1.87 bits per heavy atom. The summed E-state index contributed by atoms with van der Waals surface area (Å²) in [4.78, 5) is 26.1. The van der Waals surface area contributed by atoms with Gasteiger partial charge in [-0.15, -0.1) is 5.10 Å². The van der Waals surface area contributed by atoms with Crippen molar-refractivity contribution in [3.63, 3.8) is 0 Å². The number of aromatic amines is 1. The highest BCUT2D eigenvalue weighted by molar-refractivity contribution is 7.22. The average molecular weight is 531 g/mol. The number of anilines is 1. The lowest BCUT2D eigenvalue weighted by Gasteiger charge is -2.38. The number of hydrogen-bond acceptors (Lipinski definition) is 9. The van der Waals surface area contributed by atoms with Gasteiger partial charge in [0, 0.05) is 44.4 Å². The van der Waals surface area contributed by atoms with Crippen LogP contribution in [-0.4, -0.2) is 75.0 Å². The predicted molar refractivity (Wildman–Crippen MR) is 149 cm³/mol. The van der Waals surface area contributed by atoms with E-state index >= 15 is 0 Å². The Bertz CT molecular complexity index is 1620. The van der Waals surface area contributed by atoms with Crippen LogP contribution in [0.3, 0.4) is 0 Å². The monoisotopic (exact) mass is 530 g/mol. The van der Waals surface area contributed by atoms with E-state index in [0.29, 0.717) is 24.5 Å². The molecule has 1 unspecified atom stereocenters. The van der Waals surface area contributed by atoms with Crippen molar-refractivity contribution in [2.75, 3.05) is 44.8 Å². The third-order valence-electron chi connectivity index (χ3n) is 7.33. The molecule has 0 amide bonds. The lowest BCUT2D eigenvalue weighted by Crippen LogP contribution is -2.49. The van der Waals surface area contributed by atoms with Crippen LogP contribution in [0.15, 0.2) is 47.3 Å². The second-order valence-electron chi connectivity index (χ2n) is 9.72. The number of para-hydroxylation sites is 1. The van der Waals surface area contributed by atoms with Crippen molar-refractivity contribution < 1.29 is 4.74 Å². The molecule has 0 saturated carbocycles. The summed E-state index contributed by atoms with van der Waals surface area (Å²) in [5.41, 5.74) is 4.70. The predicted octanol–water partition coefficient (Wildman–Crippen LogP) is 3.30. The number of aromatic nitrogens is 6. The van der Waals surface area contributed by atoms with E-state index in [9.17, 15) is 4.79 Å². The van der Waals surface area contributed by atoms with Crippen LogP contribution in [-0.2, 0) is 11.3 Å². The topological polar surface area (TPSA) is 105 Å². The van der Waals surface area contributed by atoms with Gasteiger partial charge in [0.25, 0.3) is 5.56 Å². The zero-order chi connectivity index (χ0) is 26.2. The van der Waals surface area contributed by atoms with Crippen LogP contribution in [0.2, 0.25) is 0 Å². The number of methoxy groups -OCH3 is 1. The Labute approximate surface area is 223 Å². The van der Waals surface area contributed by atoms with Gasteiger partial charge in [-0.25, -0.2) is 9.67 Å². The number of aryl methyl sites for hydroxylation is 2. The quantitative estimate of drug-likeness (QED) is 0.342. The van der Waals surface area contributed by atoms with Gasteiger partial charge >= 0.3 is 0 Å². The molecule has 10 nitrogen and oxygen atoms in total. The van der Waals surface area contributed by atoms with E-state index < -0.39 is 6.04 Å².